The van der Waals surface area contributed by atoms with Gasteiger partial charge in [0.25, 0.3) is 0 Å². The molecule has 0 aliphatic carbocycles. The molecule has 8 heteroatoms. The van der Waals surface area contributed by atoms with Crippen LogP contribution >= 0.6 is 0 Å². The van der Waals surface area contributed by atoms with E-state index in [1.165, 1.54) is 0 Å². The van der Waals surface area contributed by atoms with E-state index in [1.807, 2.05) is 4.72 Å². The van der Waals surface area contributed by atoms with E-state index >= 15 is 0 Å². The molecule has 0 radical (unpaired) electrons. The molecule has 1 aliphatic rings. The number of nitrogens with one attached hydrogen (secondary N) is 1. The number of hydrogen-bond acceptors (Lipinski definition) is 5. The highest BCUT2D eigenvalue weighted by atomic mass is 32.2. The van der Waals surface area contributed by atoms with Gasteiger partial charge in [0, 0.05) is 18.6 Å². The van der Waals surface area contributed by atoms with E-state index in [-0.39, 0.29) is 19.2 Å². The Morgan fingerprint density at radius 2 is 2.00 bits per heavy atom. The predicted octanol–water partition coefficient (Wildman–Crippen LogP) is -0.601. The first-order valence-electron chi connectivity index (χ1n) is 4.90. The minimum absolute atomic E-state index is 0.192. The van der Waals surface area contributed by atoms with E-state index in [9.17, 15) is 13.2 Å². The summed E-state index contributed by atoms with van der Waals surface area (Å²) in [6.07, 6.45) is -1.34. The smallest absolute Gasteiger partial charge is 0.422 e. The molecule has 0 unspecified atom stereocenters. The molecule has 16 heavy (non-hydrogen) atoms. The zero-order valence-electron chi connectivity index (χ0n) is 9.56. The summed E-state index contributed by atoms with van der Waals surface area (Å²) in [5.41, 5.74) is 5.15. The van der Waals surface area contributed by atoms with Crippen molar-refractivity contribution >= 4 is 16.3 Å². The summed E-state index contributed by atoms with van der Waals surface area (Å²) < 4.78 is 30.7. The van der Waals surface area contributed by atoms with Crippen LogP contribution in [0.2, 0.25) is 0 Å². The second-order valence-corrected chi connectivity index (χ2v) is 6.15. The van der Waals surface area contributed by atoms with Crippen molar-refractivity contribution < 1.29 is 17.9 Å². The highest BCUT2D eigenvalue weighted by molar-refractivity contribution is 7.87. The lowest BCUT2D eigenvalue weighted by atomic mass is 9.97. The SMILES string of the molecule is CC(C)OC(=O)NS(=O)(=O)N1CC(C)(N)C1. The Kier molecular flexibility index (Phi) is 3.46. The second kappa shape index (κ2) is 4.19. The van der Waals surface area contributed by atoms with Gasteiger partial charge in [-0.25, -0.2) is 9.52 Å². The molecule has 1 amide bonds. The number of rotatable bonds is 3. The molecule has 1 saturated heterocycles. The molecule has 0 saturated carbocycles. The van der Waals surface area contributed by atoms with Gasteiger partial charge in [-0.2, -0.15) is 12.7 Å². The van der Waals surface area contributed by atoms with Crippen LogP contribution in [0.15, 0.2) is 0 Å². The van der Waals surface area contributed by atoms with Gasteiger partial charge in [0.1, 0.15) is 0 Å². The summed E-state index contributed by atoms with van der Waals surface area (Å²) in [4.78, 5) is 11.1. The van der Waals surface area contributed by atoms with E-state index in [0.29, 0.717) is 0 Å². The van der Waals surface area contributed by atoms with E-state index in [2.05, 4.69) is 4.74 Å². The fraction of sp³-hybridized carbons (Fsp3) is 0.875. The van der Waals surface area contributed by atoms with Crippen molar-refractivity contribution in [3.8, 4) is 0 Å². The molecular formula is C8H17N3O4S. The number of hydrogen-bond donors (Lipinski definition) is 2. The maximum absolute atomic E-state index is 11.6. The zero-order chi connectivity index (χ0) is 12.6. The molecule has 0 aromatic heterocycles. The predicted molar refractivity (Wildman–Crippen MR) is 57.8 cm³/mol. The fourth-order valence-corrected chi connectivity index (χ4v) is 2.65. The average molecular weight is 251 g/mol. The van der Waals surface area contributed by atoms with Crippen LogP contribution in [0.5, 0.6) is 0 Å². The van der Waals surface area contributed by atoms with Gasteiger partial charge in [0.15, 0.2) is 0 Å². The fourth-order valence-electron chi connectivity index (χ4n) is 1.34. The van der Waals surface area contributed by atoms with Gasteiger partial charge in [0.2, 0.25) is 0 Å². The van der Waals surface area contributed by atoms with Crippen LogP contribution in [0.4, 0.5) is 4.79 Å². The van der Waals surface area contributed by atoms with Crippen LogP contribution in [0.25, 0.3) is 0 Å². The highest BCUT2D eigenvalue weighted by Crippen LogP contribution is 2.19. The van der Waals surface area contributed by atoms with Gasteiger partial charge < -0.3 is 10.5 Å². The molecule has 0 atom stereocenters. The highest BCUT2D eigenvalue weighted by Gasteiger charge is 2.42. The monoisotopic (exact) mass is 251 g/mol. The third-order valence-electron chi connectivity index (χ3n) is 1.97. The van der Waals surface area contributed by atoms with Crippen LogP contribution < -0.4 is 10.5 Å². The summed E-state index contributed by atoms with van der Waals surface area (Å²) >= 11 is 0. The molecule has 1 heterocycles. The number of carbonyl (C=O) groups excluding carboxylic acids is 1. The van der Waals surface area contributed by atoms with Crippen LogP contribution in [0, 0.1) is 0 Å². The zero-order valence-corrected chi connectivity index (χ0v) is 10.4. The Labute approximate surface area is 95.1 Å². The van der Waals surface area contributed by atoms with E-state index in [1.54, 1.807) is 20.8 Å². The molecule has 0 aromatic rings. The van der Waals surface area contributed by atoms with Crippen molar-refractivity contribution in [1.82, 2.24) is 9.03 Å². The Bertz CT molecular complexity index is 369. The van der Waals surface area contributed by atoms with Gasteiger partial charge in [0.05, 0.1) is 6.10 Å². The minimum atomic E-state index is -3.81. The largest absolute Gasteiger partial charge is 0.446 e. The first-order valence-corrected chi connectivity index (χ1v) is 6.34. The maximum Gasteiger partial charge on any atom is 0.422 e. The minimum Gasteiger partial charge on any atom is -0.446 e. The molecule has 0 bridgehead atoms. The molecule has 0 aromatic carbocycles. The second-order valence-electron chi connectivity index (χ2n) is 4.48. The number of ether oxygens (including phenoxy) is 1. The Balaban J connectivity index is 2.51. The summed E-state index contributed by atoms with van der Waals surface area (Å²) in [6.45, 7) is 5.39. The van der Waals surface area contributed by atoms with Gasteiger partial charge in [-0.15, -0.1) is 0 Å². The van der Waals surface area contributed by atoms with Crippen LogP contribution in [-0.4, -0.2) is 43.5 Å². The van der Waals surface area contributed by atoms with Crippen LogP contribution in [-0.2, 0) is 14.9 Å². The van der Waals surface area contributed by atoms with Crippen molar-refractivity contribution in [2.24, 2.45) is 5.73 Å². The van der Waals surface area contributed by atoms with Crippen LogP contribution in [0.1, 0.15) is 20.8 Å². The summed E-state index contributed by atoms with van der Waals surface area (Å²) in [5.74, 6) is 0. The number of carbonyl (C=O) groups is 1. The molecule has 7 nitrogen and oxygen atoms in total. The standard InChI is InChI=1S/C8H17N3O4S/c1-6(2)15-7(12)10-16(13,14)11-4-8(3,9)5-11/h6H,4-5,9H2,1-3H3,(H,10,12). The molecule has 94 valence electrons. The molecule has 0 spiro atoms. The van der Waals surface area contributed by atoms with E-state index < -0.39 is 21.8 Å². The molecule has 1 fully saturated rings. The van der Waals surface area contributed by atoms with Crippen molar-refractivity contribution in [3.63, 3.8) is 0 Å². The van der Waals surface area contributed by atoms with Gasteiger partial charge in [-0.3, -0.25) is 0 Å². The van der Waals surface area contributed by atoms with E-state index in [0.717, 1.165) is 4.31 Å². The van der Waals surface area contributed by atoms with Crippen molar-refractivity contribution in [2.45, 2.75) is 32.4 Å². The Morgan fingerprint density at radius 1 is 1.50 bits per heavy atom. The number of amides is 1. The van der Waals surface area contributed by atoms with Gasteiger partial charge >= 0.3 is 16.3 Å². The van der Waals surface area contributed by atoms with Crippen LogP contribution in [0.3, 0.4) is 0 Å². The van der Waals surface area contributed by atoms with Gasteiger partial charge in [-0.1, -0.05) is 0 Å². The Hall–Kier alpha value is -0.860. The first-order chi connectivity index (χ1) is 7.12. The summed E-state index contributed by atoms with van der Waals surface area (Å²) in [5, 5.41) is 0. The lowest BCUT2D eigenvalue weighted by molar-refractivity contribution is 0.119. The number of nitrogens with zero attached hydrogens (tertiary/aromatic N) is 1. The maximum atomic E-state index is 11.6. The van der Waals surface area contributed by atoms with Gasteiger partial charge in [-0.05, 0) is 20.8 Å². The topological polar surface area (TPSA) is 102 Å². The summed E-state index contributed by atoms with van der Waals surface area (Å²) in [6, 6.07) is 0. The third kappa shape index (κ3) is 3.32. The van der Waals surface area contributed by atoms with E-state index in [4.69, 9.17) is 5.73 Å². The first kappa shape index (κ1) is 13.2. The summed E-state index contributed by atoms with van der Waals surface area (Å²) in [7, 11) is -3.81. The van der Waals surface area contributed by atoms with Crippen molar-refractivity contribution in [2.75, 3.05) is 13.1 Å². The quantitative estimate of drug-likeness (QED) is 0.697. The number of nitrogens with two attached hydrogens (primary N) is 1. The van der Waals surface area contributed by atoms with Crippen molar-refractivity contribution in [1.29, 1.82) is 0 Å². The lowest BCUT2D eigenvalue weighted by Gasteiger charge is -2.43. The molecular weight excluding hydrogens is 234 g/mol. The molecule has 3 N–H and O–H groups in total. The third-order valence-corrected chi connectivity index (χ3v) is 3.33. The molecule has 1 aliphatic heterocycles. The Morgan fingerprint density at radius 3 is 2.38 bits per heavy atom. The average Bonchev–Trinajstić information content (AvgIpc) is 1.96. The normalized spacial score (nSPS) is 20.3. The molecule has 1 rings (SSSR count). The lowest BCUT2D eigenvalue weighted by Crippen LogP contribution is -2.68. The van der Waals surface area contributed by atoms with Crippen molar-refractivity contribution in [3.05, 3.63) is 0 Å².